The molecule has 6 heteroatoms. The van der Waals surface area contributed by atoms with E-state index in [1.807, 2.05) is 30.3 Å². The Morgan fingerprint density at radius 2 is 2.05 bits per heavy atom. The molecule has 106 valence electrons. The fourth-order valence-corrected chi connectivity index (χ4v) is 3.07. The maximum atomic E-state index is 10.1. The van der Waals surface area contributed by atoms with E-state index in [2.05, 4.69) is 15.6 Å². The van der Waals surface area contributed by atoms with E-state index in [-0.39, 0.29) is 5.75 Å². The van der Waals surface area contributed by atoms with Crippen LogP contribution in [0.2, 0.25) is 0 Å². The normalized spacial score (nSPS) is 10.5. The summed E-state index contributed by atoms with van der Waals surface area (Å²) < 4.78 is 1.09. The summed E-state index contributed by atoms with van der Waals surface area (Å²) in [6.07, 6.45) is 0. The number of para-hydroxylation sites is 1. The third-order valence-corrected chi connectivity index (χ3v) is 4.38. The lowest BCUT2D eigenvalue weighted by Crippen LogP contribution is -2.24. The average molecular weight is 315 g/mol. The third-order valence-electron chi connectivity index (χ3n) is 3.01. The number of rotatable bonds is 2. The number of anilines is 1. The summed E-state index contributed by atoms with van der Waals surface area (Å²) in [6, 6.07) is 13.2. The molecule has 0 amide bonds. The molecule has 1 aromatic heterocycles. The number of fused-ring (bicyclic) bond motifs is 1. The van der Waals surface area contributed by atoms with Crippen LogP contribution in [0.25, 0.3) is 20.8 Å². The lowest BCUT2D eigenvalue weighted by molar-refractivity contribution is 0.477. The highest BCUT2D eigenvalue weighted by atomic mass is 32.1. The van der Waals surface area contributed by atoms with Crippen LogP contribution in [0.4, 0.5) is 5.69 Å². The summed E-state index contributed by atoms with van der Waals surface area (Å²) in [7, 11) is 1.75. The quantitative estimate of drug-likeness (QED) is 0.498. The number of thiazole rings is 1. The van der Waals surface area contributed by atoms with Crippen LogP contribution in [0.1, 0.15) is 0 Å². The number of benzene rings is 2. The molecule has 0 aliphatic carbocycles. The van der Waals surface area contributed by atoms with Crippen molar-refractivity contribution in [3.63, 3.8) is 0 Å². The van der Waals surface area contributed by atoms with E-state index in [1.165, 1.54) is 0 Å². The van der Waals surface area contributed by atoms with Crippen LogP contribution in [0.15, 0.2) is 42.5 Å². The largest absolute Gasteiger partial charge is 0.507 e. The molecule has 0 bridgehead atoms. The zero-order valence-electron chi connectivity index (χ0n) is 11.3. The topological polar surface area (TPSA) is 57.2 Å². The Bertz CT molecular complexity index is 781. The Hall–Kier alpha value is -2.18. The first-order chi connectivity index (χ1) is 10.2. The fourth-order valence-electron chi connectivity index (χ4n) is 1.97. The predicted octanol–water partition coefficient (Wildman–Crippen LogP) is 3.59. The zero-order chi connectivity index (χ0) is 14.8. The average Bonchev–Trinajstić information content (AvgIpc) is 2.92. The van der Waals surface area contributed by atoms with Crippen molar-refractivity contribution < 1.29 is 5.11 Å². The zero-order valence-corrected chi connectivity index (χ0v) is 12.9. The predicted molar refractivity (Wildman–Crippen MR) is 92.0 cm³/mol. The minimum Gasteiger partial charge on any atom is -0.507 e. The molecule has 3 aromatic rings. The number of nitrogens with zero attached hydrogens (tertiary/aromatic N) is 1. The van der Waals surface area contributed by atoms with E-state index in [9.17, 15) is 5.11 Å². The Morgan fingerprint density at radius 1 is 1.24 bits per heavy atom. The number of hydrogen-bond acceptors (Lipinski definition) is 4. The fraction of sp³-hybridized carbons (Fsp3) is 0.0667. The van der Waals surface area contributed by atoms with Crippen molar-refractivity contribution in [1.29, 1.82) is 0 Å². The highest BCUT2D eigenvalue weighted by Crippen LogP contribution is 2.36. The minimum absolute atomic E-state index is 0.204. The number of phenols is 1. The first-order valence-corrected chi connectivity index (χ1v) is 7.57. The van der Waals surface area contributed by atoms with Gasteiger partial charge in [-0.15, -0.1) is 11.3 Å². The van der Waals surface area contributed by atoms with Gasteiger partial charge in [-0.05, 0) is 42.5 Å². The molecule has 2 aromatic carbocycles. The number of phenolic OH excluding ortho intramolecular Hbond substituents is 1. The van der Waals surface area contributed by atoms with Gasteiger partial charge in [0.05, 0.1) is 15.8 Å². The van der Waals surface area contributed by atoms with Crippen LogP contribution in [0, 0.1) is 0 Å². The number of nitrogens with one attached hydrogen (secondary N) is 2. The molecule has 0 spiro atoms. The summed E-state index contributed by atoms with van der Waals surface area (Å²) in [5.74, 6) is 0.204. The van der Waals surface area contributed by atoms with Gasteiger partial charge in [0.1, 0.15) is 10.8 Å². The highest BCUT2D eigenvalue weighted by Gasteiger charge is 2.11. The van der Waals surface area contributed by atoms with Gasteiger partial charge in [0.25, 0.3) is 0 Å². The molecule has 1 heterocycles. The first-order valence-electron chi connectivity index (χ1n) is 6.35. The summed E-state index contributed by atoms with van der Waals surface area (Å²) in [4.78, 5) is 4.57. The second kappa shape index (κ2) is 5.67. The van der Waals surface area contributed by atoms with Gasteiger partial charge in [0, 0.05) is 12.7 Å². The second-order valence-corrected chi connectivity index (χ2v) is 5.86. The van der Waals surface area contributed by atoms with Gasteiger partial charge >= 0.3 is 0 Å². The molecular formula is C15H13N3OS2. The van der Waals surface area contributed by atoms with E-state index < -0.39 is 0 Å². The summed E-state index contributed by atoms with van der Waals surface area (Å²) in [6.45, 7) is 0. The Kier molecular flexibility index (Phi) is 3.72. The molecule has 0 radical (unpaired) electrons. The molecule has 21 heavy (non-hydrogen) atoms. The van der Waals surface area contributed by atoms with Gasteiger partial charge in [-0.25, -0.2) is 4.98 Å². The van der Waals surface area contributed by atoms with Gasteiger partial charge in [-0.3, -0.25) is 0 Å². The SMILES string of the molecule is CNC(=S)Nc1ccc(O)c(-c2nc3ccccc3s2)c1. The lowest BCUT2D eigenvalue weighted by atomic mass is 10.2. The van der Waals surface area contributed by atoms with Crippen LogP contribution >= 0.6 is 23.6 Å². The van der Waals surface area contributed by atoms with Crippen LogP contribution < -0.4 is 10.6 Å². The smallest absolute Gasteiger partial charge is 0.170 e. The van der Waals surface area contributed by atoms with Crippen molar-refractivity contribution in [3.05, 3.63) is 42.5 Å². The number of aromatic hydroxyl groups is 1. The monoisotopic (exact) mass is 315 g/mol. The van der Waals surface area contributed by atoms with Crippen LogP contribution in [-0.2, 0) is 0 Å². The molecule has 3 rings (SSSR count). The molecule has 0 aliphatic heterocycles. The molecule has 0 aliphatic rings. The minimum atomic E-state index is 0.204. The van der Waals surface area contributed by atoms with Crippen molar-refractivity contribution in [1.82, 2.24) is 10.3 Å². The van der Waals surface area contributed by atoms with E-state index >= 15 is 0 Å². The van der Waals surface area contributed by atoms with E-state index in [4.69, 9.17) is 12.2 Å². The molecule has 0 atom stereocenters. The molecular weight excluding hydrogens is 302 g/mol. The van der Waals surface area contributed by atoms with Gasteiger partial charge in [-0.1, -0.05) is 12.1 Å². The summed E-state index contributed by atoms with van der Waals surface area (Å²) in [5.41, 5.74) is 2.43. The number of thiocarbonyl (C=S) groups is 1. The highest BCUT2D eigenvalue weighted by molar-refractivity contribution is 7.80. The van der Waals surface area contributed by atoms with Crippen LogP contribution in [0.3, 0.4) is 0 Å². The Labute approximate surface area is 131 Å². The van der Waals surface area contributed by atoms with Crippen molar-refractivity contribution in [2.45, 2.75) is 0 Å². The molecule has 0 fully saturated rings. The standard InChI is InChI=1S/C15H13N3OS2/c1-16-15(20)17-9-6-7-12(19)10(8-9)14-18-11-4-2-3-5-13(11)21-14/h2-8,19H,1H3,(H2,16,17,20). The third kappa shape index (κ3) is 2.81. The van der Waals surface area contributed by atoms with Gasteiger partial charge < -0.3 is 15.7 Å². The van der Waals surface area contributed by atoms with E-state index in [0.717, 1.165) is 20.9 Å². The number of hydrogen-bond donors (Lipinski definition) is 3. The van der Waals surface area contributed by atoms with Crippen LogP contribution in [-0.4, -0.2) is 22.3 Å². The second-order valence-electron chi connectivity index (χ2n) is 4.42. The van der Waals surface area contributed by atoms with Crippen molar-refractivity contribution >= 4 is 44.6 Å². The van der Waals surface area contributed by atoms with E-state index in [1.54, 1.807) is 30.5 Å². The molecule has 4 nitrogen and oxygen atoms in total. The molecule has 3 N–H and O–H groups in total. The maximum Gasteiger partial charge on any atom is 0.170 e. The molecule has 0 saturated heterocycles. The Balaban J connectivity index is 2.04. The van der Waals surface area contributed by atoms with Gasteiger partial charge in [-0.2, -0.15) is 0 Å². The number of aromatic nitrogens is 1. The lowest BCUT2D eigenvalue weighted by Gasteiger charge is -2.09. The molecule has 0 saturated carbocycles. The van der Waals surface area contributed by atoms with Gasteiger partial charge in [0.2, 0.25) is 0 Å². The van der Waals surface area contributed by atoms with Crippen molar-refractivity contribution in [2.24, 2.45) is 0 Å². The summed E-state index contributed by atoms with van der Waals surface area (Å²) >= 11 is 6.64. The molecule has 0 unspecified atom stereocenters. The van der Waals surface area contributed by atoms with Crippen molar-refractivity contribution in [2.75, 3.05) is 12.4 Å². The Morgan fingerprint density at radius 3 is 2.81 bits per heavy atom. The first kappa shape index (κ1) is 13.8. The van der Waals surface area contributed by atoms with Gasteiger partial charge in [0.15, 0.2) is 5.11 Å². The maximum absolute atomic E-state index is 10.1. The van der Waals surface area contributed by atoms with Crippen LogP contribution in [0.5, 0.6) is 5.75 Å². The van der Waals surface area contributed by atoms with Crippen molar-refractivity contribution in [3.8, 4) is 16.3 Å². The summed E-state index contributed by atoms with van der Waals surface area (Å²) in [5, 5.41) is 17.3. The van der Waals surface area contributed by atoms with E-state index in [0.29, 0.717) is 10.7 Å².